The van der Waals surface area contributed by atoms with Crippen molar-refractivity contribution in [3.63, 3.8) is 0 Å². The van der Waals surface area contributed by atoms with Gasteiger partial charge in [-0.1, -0.05) is 46.9 Å². The Morgan fingerprint density at radius 3 is 1.96 bits per heavy atom. The van der Waals surface area contributed by atoms with Crippen LogP contribution in [0.3, 0.4) is 0 Å². The Morgan fingerprint density at radius 1 is 1.08 bits per heavy atom. The zero-order valence-corrected chi connectivity index (χ0v) is 15.6. The maximum atomic E-state index is 14.5. The number of carbonyl (C=O) groups is 1. The summed E-state index contributed by atoms with van der Waals surface area (Å²) in [5.41, 5.74) is 5.33. The highest BCUT2D eigenvalue weighted by Crippen LogP contribution is 2.41. The van der Waals surface area contributed by atoms with Crippen LogP contribution >= 0.6 is 34.8 Å². The van der Waals surface area contributed by atoms with Crippen molar-refractivity contribution in [3.05, 3.63) is 74.2 Å². The molecule has 1 unspecified atom stereocenters. The number of amides is 1. The van der Waals surface area contributed by atoms with Gasteiger partial charge in [-0.15, -0.1) is 0 Å². The molecule has 26 heavy (non-hydrogen) atoms. The van der Waals surface area contributed by atoms with Crippen molar-refractivity contribution >= 4 is 46.5 Å². The standard InChI is InChI=1S/C18H13Cl3F3NO/c1-18(23,24)12(11-6-13(19)16(21)14(20)7-11)8-15(22)9-2-4-10(5-3-9)17(25)26/h2-8,12H,1H3,(H2,25,26)/b15-8-. The van der Waals surface area contributed by atoms with Crippen molar-refractivity contribution in [2.24, 2.45) is 5.73 Å². The molecule has 0 aliphatic carbocycles. The molecule has 2 rings (SSSR count). The van der Waals surface area contributed by atoms with E-state index in [1.807, 2.05) is 0 Å². The van der Waals surface area contributed by atoms with E-state index in [2.05, 4.69) is 0 Å². The van der Waals surface area contributed by atoms with E-state index < -0.39 is 23.6 Å². The van der Waals surface area contributed by atoms with Gasteiger partial charge in [0.1, 0.15) is 5.83 Å². The fourth-order valence-electron chi connectivity index (χ4n) is 2.33. The van der Waals surface area contributed by atoms with E-state index in [0.717, 1.165) is 6.08 Å². The third kappa shape index (κ3) is 4.72. The van der Waals surface area contributed by atoms with Crippen molar-refractivity contribution in [2.75, 3.05) is 0 Å². The number of alkyl halides is 2. The number of rotatable bonds is 5. The van der Waals surface area contributed by atoms with Crippen LogP contribution in [0.25, 0.3) is 5.83 Å². The van der Waals surface area contributed by atoms with Gasteiger partial charge >= 0.3 is 0 Å². The average molecular weight is 423 g/mol. The normalized spacial score (nSPS) is 13.6. The summed E-state index contributed by atoms with van der Waals surface area (Å²) in [6.45, 7) is 0.661. The van der Waals surface area contributed by atoms with E-state index in [0.29, 0.717) is 6.92 Å². The second-order valence-corrected chi connectivity index (χ2v) is 6.88. The fourth-order valence-corrected chi connectivity index (χ4v) is 2.94. The molecule has 0 saturated carbocycles. The highest BCUT2D eigenvalue weighted by atomic mass is 35.5. The van der Waals surface area contributed by atoms with Gasteiger partial charge in [0.2, 0.25) is 5.91 Å². The van der Waals surface area contributed by atoms with Gasteiger partial charge in [-0.05, 0) is 35.9 Å². The third-order valence-electron chi connectivity index (χ3n) is 3.67. The summed E-state index contributed by atoms with van der Waals surface area (Å²) in [4.78, 5) is 11.0. The minimum absolute atomic E-state index is 0.0111. The van der Waals surface area contributed by atoms with Crippen molar-refractivity contribution in [1.82, 2.24) is 0 Å². The van der Waals surface area contributed by atoms with E-state index in [1.165, 1.54) is 36.4 Å². The van der Waals surface area contributed by atoms with Crippen molar-refractivity contribution in [3.8, 4) is 0 Å². The van der Waals surface area contributed by atoms with Crippen molar-refractivity contribution in [1.29, 1.82) is 0 Å². The maximum Gasteiger partial charge on any atom is 0.255 e. The Bertz CT molecular complexity index is 838. The second kappa shape index (κ2) is 7.91. The molecule has 0 fully saturated rings. The van der Waals surface area contributed by atoms with Gasteiger partial charge in [-0.3, -0.25) is 4.79 Å². The van der Waals surface area contributed by atoms with Gasteiger partial charge in [0.15, 0.2) is 0 Å². The number of carbonyl (C=O) groups excluding carboxylic acids is 1. The first-order valence-electron chi connectivity index (χ1n) is 7.30. The van der Waals surface area contributed by atoms with Gasteiger partial charge < -0.3 is 5.73 Å². The summed E-state index contributed by atoms with van der Waals surface area (Å²) in [6, 6.07) is 7.60. The van der Waals surface area contributed by atoms with Crippen LogP contribution in [0.5, 0.6) is 0 Å². The lowest BCUT2D eigenvalue weighted by molar-refractivity contribution is 0.00669. The molecule has 0 saturated heterocycles. The van der Waals surface area contributed by atoms with Crippen LogP contribution in [0, 0.1) is 0 Å². The molecule has 0 aromatic heterocycles. The topological polar surface area (TPSA) is 43.1 Å². The van der Waals surface area contributed by atoms with E-state index in [-0.39, 0.29) is 31.8 Å². The van der Waals surface area contributed by atoms with E-state index in [4.69, 9.17) is 40.5 Å². The lowest BCUT2D eigenvalue weighted by Gasteiger charge is -2.22. The molecular formula is C18H13Cl3F3NO. The molecule has 0 aliphatic rings. The zero-order valence-electron chi connectivity index (χ0n) is 13.4. The molecule has 1 atom stereocenters. The van der Waals surface area contributed by atoms with Crippen molar-refractivity contribution in [2.45, 2.75) is 18.8 Å². The summed E-state index contributed by atoms with van der Waals surface area (Å²) in [5, 5.41) is 0.00724. The Hall–Kier alpha value is -1.69. The summed E-state index contributed by atoms with van der Waals surface area (Å²) in [6.07, 6.45) is 0.773. The zero-order chi connectivity index (χ0) is 19.6. The van der Waals surface area contributed by atoms with Crippen LogP contribution in [0.4, 0.5) is 13.2 Å². The first-order valence-corrected chi connectivity index (χ1v) is 8.44. The van der Waals surface area contributed by atoms with E-state index in [9.17, 15) is 18.0 Å². The van der Waals surface area contributed by atoms with Gasteiger partial charge in [0, 0.05) is 18.1 Å². The van der Waals surface area contributed by atoms with Crippen LogP contribution in [0.15, 0.2) is 42.5 Å². The number of hydrogen-bond acceptors (Lipinski definition) is 1. The van der Waals surface area contributed by atoms with Gasteiger partial charge in [0.05, 0.1) is 21.0 Å². The highest BCUT2D eigenvalue weighted by Gasteiger charge is 2.35. The summed E-state index contributed by atoms with van der Waals surface area (Å²) in [5.74, 6) is -6.50. The number of hydrogen-bond donors (Lipinski definition) is 1. The van der Waals surface area contributed by atoms with Crippen LogP contribution in [-0.2, 0) is 0 Å². The van der Waals surface area contributed by atoms with E-state index in [1.54, 1.807) is 0 Å². The van der Waals surface area contributed by atoms with Gasteiger partial charge in [-0.2, -0.15) is 0 Å². The maximum absolute atomic E-state index is 14.5. The molecule has 0 spiro atoms. The minimum Gasteiger partial charge on any atom is -0.366 e. The molecule has 2 nitrogen and oxygen atoms in total. The molecule has 0 heterocycles. The summed E-state index contributed by atoms with van der Waals surface area (Å²) in [7, 11) is 0. The Balaban J connectivity index is 2.48. The molecule has 1 amide bonds. The van der Waals surface area contributed by atoms with Gasteiger partial charge in [0.25, 0.3) is 5.92 Å². The first-order chi connectivity index (χ1) is 12.0. The molecule has 2 N–H and O–H groups in total. The fraction of sp³-hybridized carbons (Fsp3) is 0.167. The number of primary amides is 1. The quantitative estimate of drug-likeness (QED) is 0.549. The molecular weight excluding hydrogens is 410 g/mol. The molecule has 2 aromatic carbocycles. The molecule has 0 aliphatic heterocycles. The molecule has 0 radical (unpaired) electrons. The van der Waals surface area contributed by atoms with Gasteiger partial charge in [-0.25, -0.2) is 13.2 Å². The lowest BCUT2D eigenvalue weighted by Crippen LogP contribution is -2.21. The number of nitrogens with two attached hydrogens (primary N) is 1. The SMILES string of the molecule is CC(F)(F)C(/C=C(\F)c1ccc(C(N)=O)cc1)c1cc(Cl)c(Cl)c(Cl)c1. The molecule has 0 bridgehead atoms. The lowest BCUT2D eigenvalue weighted by atomic mass is 9.92. The smallest absolute Gasteiger partial charge is 0.255 e. The second-order valence-electron chi connectivity index (χ2n) is 5.69. The van der Waals surface area contributed by atoms with Crippen molar-refractivity contribution < 1.29 is 18.0 Å². The largest absolute Gasteiger partial charge is 0.366 e. The first kappa shape index (κ1) is 20.6. The number of allylic oxidation sites excluding steroid dienone is 1. The van der Waals surface area contributed by atoms with Crippen LogP contribution in [-0.4, -0.2) is 11.8 Å². The predicted octanol–water partition coefficient (Wildman–Crippen LogP) is 6.50. The molecule has 2 aromatic rings. The number of halogens is 6. The molecule has 138 valence electrons. The predicted molar refractivity (Wildman–Crippen MR) is 98.9 cm³/mol. The Labute approximate surface area is 163 Å². The Morgan fingerprint density at radius 2 is 1.54 bits per heavy atom. The average Bonchev–Trinajstić information content (AvgIpc) is 2.56. The number of benzene rings is 2. The highest BCUT2D eigenvalue weighted by molar-refractivity contribution is 6.48. The Kier molecular flexibility index (Phi) is 6.27. The van der Waals surface area contributed by atoms with Crippen LogP contribution in [0.1, 0.15) is 34.3 Å². The van der Waals surface area contributed by atoms with Crippen LogP contribution in [0.2, 0.25) is 15.1 Å². The van der Waals surface area contributed by atoms with Crippen LogP contribution < -0.4 is 5.73 Å². The summed E-state index contributed by atoms with van der Waals surface area (Å²) < 4.78 is 42.7. The monoisotopic (exact) mass is 421 g/mol. The third-order valence-corrected chi connectivity index (χ3v) is 4.87. The van der Waals surface area contributed by atoms with E-state index >= 15 is 0 Å². The summed E-state index contributed by atoms with van der Waals surface area (Å²) >= 11 is 17.6. The molecule has 8 heteroatoms. The minimum atomic E-state index is -3.30.